The van der Waals surface area contributed by atoms with Gasteiger partial charge in [-0.05, 0) is 34.7 Å². The van der Waals surface area contributed by atoms with Gasteiger partial charge in [0.05, 0.1) is 28.9 Å². The quantitative estimate of drug-likeness (QED) is 0.677. The van der Waals surface area contributed by atoms with Crippen LogP contribution in [-0.4, -0.2) is 46.5 Å². The number of nitrogens with zero attached hydrogens (tertiary/aromatic N) is 5. The Hall–Kier alpha value is -2.42. The predicted octanol–water partition coefficient (Wildman–Crippen LogP) is 3.56. The highest BCUT2D eigenvalue weighted by molar-refractivity contribution is 6.43. The average Bonchev–Trinajstić information content (AvgIpc) is 3.18. The number of nitrogens with one attached hydrogen (secondary N) is 1. The molecule has 1 aliphatic heterocycles. The monoisotopic (exact) mass is 422 g/mol. The highest BCUT2D eigenvalue weighted by Crippen LogP contribution is 2.30. The molecule has 0 amide bonds. The molecule has 28 heavy (non-hydrogen) atoms. The molecule has 1 saturated heterocycles. The third kappa shape index (κ3) is 3.76. The Morgan fingerprint density at radius 1 is 1.07 bits per heavy atom. The number of hydrogen-bond donors (Lipinski definition) is 1. The highest BCUT2D eigenvalue weighted by atomic mass is 35.5. The van der Waals surface area contributed by atoms with E-state index in [1.54, 1.807) is 24.3 Å². The summed E-state index contributed by atoms with van der Waals surface area (Å²) in [7, 11) is 0. The molecule has 0 bridgehead atoms. The standard InChI is InChI=1S/C18H17Cl2FN6O/c19-13-3-1-6-16(17(13)20)27-18(23-24-25-27)22-11-12-14(21)4-2-5-15(12)26-7-9-28-10-8-26/h1-6H,7-11H2,(H,22,23,25). The number of rotatable bonds is 5. The summed E-state index contributed by atoms with van der Waals surface area (Å²) in [5.41, 5.74) is 1.90. The Balaban J connectivity index is 1.60. The maximum absolute atomic E-state index is 14.6. The molecule has 1 fully saturated rings. The van der Waals surface area contributed by atoms with E-state index in [0.29, 0.717) is 53.5 Å². The van der Waals surface area contributed by atoms with E-state index in [2.05, 4.69) is 25.7 Å². The van der Waals surface area contributed by atoms with Crippen molar-refractivity contribution < 1.29 is 9.13 Å². The van der Waals surface area contributed by atoms with Gasteiger partial charge in [-0.25, -0.2) is 4.39 Å². The molecule has 0 radical (unpaired) electrons. The van der Waals surface area contributed by atoms with E-state index in [1.165, 1.54) is 10.7 Å². The zero-order valence-corrected chi connectivity index (χ0v) is 16.3. The molecular weight excluding hydrogens is 406 g/mol. The zero-order chi connectivity index (χ0) is 19.5. The van der Waals surface area contributed by atoms with Crippen LogP contribution in [0.2, 0.25) is 10.0 Å². The summed E-state index contributed by atoms with van der Waals surface area (Å²) < 4.78 is 21.4. The average molecular weight is 423 g/mol. The zero-order valence-electron chi connectivity index (χ0n) is 14.8. The summed E-state index contributed by atoms with van der Waals surface area (Å²) >= 11 is 12.4. The molecule has 1 aliphatic rings. The van der Waals surface area contributed by atoms with E-state index in [4.69, 9.17) is 27.9 Å². The summed E-state index contributed by atoms with van der Waals surface area (Å²) in [6, 6.07) is 10.2. The number of hydrogen-bond acceptors (Lipinski definition) is 6. The van der Waals surface area contributed by atoms with E-state index in [1.807, 2.05) is 6.07 Å². The molecule has 7 nitrogen and oxygen atoms in total. The maximum Gasteiger partial charge on any atom is 0.248 e. The number of morpholine rings is 1. The summed E-state index contributed by atoms with van der Waals surface area (Å²) in [6.07, 6.45) is 0. The first-order valence-electron chi connectivity index (χ1n) is 8.72. The molecule has 3 aromatic rings. The van der Waals surface area contributed by atoms with Gasteiger partial charge < -0.3 is 15.0 Å². The Labute approximate surface area is 171 Å². The Bertz CT molecular complexity index is 976. The lowest BCUT2D eigenvalue weighted by atomic mass is 10.1. The van der Waals surface area contributed by atoms with Crippen LogP contribution in [0, 0.1) is 5.82 Å². The van der Waals surface area contributed by atoms with Crippen LogP contribution >= 0.6 is 23.2 Å². The van der Waals surface area contributed by atoms with E-state index in [-0.39, 0.29) is 12.4 Å². The van der Waals surface area contributed by atoms with Crippen molar-refractivity contribution in [2.24, 2.45) is 0 Å². The number of tetrazole rings is 1. The van der Waals surface area contributed by atoms with Crippen molar-refractivity contribution in [2.75, 3.05) is 36.5 Å². The molecule has 146 valence electrons. The van der Waals surface area contributed by atoms with Crippen LogP contribution in [0.3, 0.4) is 0 Å². The van der Waals surface area contributed by atoms with Crippen LogP contribution in [0.4, 0.5) is 16.0 Å². The highest BCUT2D eigenvalue weighted by Gasteiger charge is 2.19. The van der Waals surface area contributed by atoms with Crippen LogP contribution < -0.4 is 10.2 Å². The normalized spacial score (nSPS) is 14.3. The van der Waals surface area contributed by atoms with Crippen molar-refractivity contribution in [2.45, 2.75) is 6.54 Å². The first-order valence-corrected chi connectivity index (χ1v) is 9.47. The molecule has 0 atom stereocenters. The summed E-state index contributed by atoms with van der Waals surface area (Å²) in [6.45, 7) is 2.88. The van der Waals surface area contributed by atoms with Crippen molar-refractivity contribution in [3.05, 3.63) is 57.8 Å². The molecule has 4 rings (SSSR count). The van der Waals surface area contributed by atoms with Gasteiger partial charge in [-0.2, -0.15) is 4.68 Å². The number of aromatic nitrogens is 4. The Morgan fingerprint density at radius 3 is 2.64 bits per heavy atom. The smallest absolute Gasteiger partial charge is 0.248 e. The van der Waals surface area contributed by atoms with Gasteiger partial charge in [0.2, 0.25) is 5.95 Å². The fourth-order valence-corrected chi connectivity index (χ4v) is 3.48. The second-order valence-electron chi connectivity index (χ2n) is 6.18. The van der Waals surface area contributed by atoms with Gasteiger partial charge in [-0.15, -0.1) is 0 Å². The van der Waals surface area contributed by atoms with Crippen LogP contribution in [0.15, 0.2) is 36.4 Å². The first-order chi connectivity index (χ1) is 13.6. The fourth-order valence-electron chi connectivity index (χ4n) is 3.11. The lowest BCUT2D eigenvalue weighted by Crippen LogP contribution is -2.37. The topological polar surface area (TPSA) is 68.1 Å². The molecule has 1 N–H and O–H groups in total. The molecule has 0 aliphatic carbocycles. The number of ether oxygens (including phenoxy) is 1. The van der Waals surface area contributed by atoms with E-state index in [0.717, 1.165) is 5.69 Å². The third-order valence-electron chi connectivity index (χ3n) is 4.50. The molecule has 0 spiro atoms. The minimum absolute atomic E-state index is 0.206. The van der Waals surface area contributed by atoms with Gasteiger partial charge in [0.1, 0.15) is 5.82 Å². The van der Waals surface area contributed by atoms with Crippen LogP contribution in [0.1, 0.15) is 5.56 Å². The van der Waals surface area contributed by atoms with Gasteiger partial charge in [-0.3, -0.25) is 0 Å². The number of halogens is 3. The molecule has 2 heterocycles. The van der Waals surface area contributed by atoms with Crippen LogP contribution in [-0.2, 0) is 11.3 Å². The predicted molar refractivity (Wildman–Crippen MR) is 106 cm³/mol. The summed E-state index contributed by atoms with van der Waals surface area (Å²) in [5.74, 6) is 0.0386. The second-order valence-corrected chi connectivity index (χ2v) is 6.96. The number of anilines is 2. The van der Waals surface area contributed by atoms with Crippen molar-refractivity contribution in [1.29, 1.82) is 0 Å². The summed E-state index contributed by atoms with van der Waals surface area (Å²) in [5, 5.41) is 15.5. The van der Waals surface area contributed by atoms with E-state index >= 15 is 0 Å². The summed E-state index contributed by atoms with van der Waals surface area (Å²) in [4.78, 5) is 2.11. The molecule has 0 saturated carbocycles. The third-order valence-corrected chi connectivity index (χ3v) is 5.31. The van der Waals surface area contributed by atoms with E-state index < -0.39 is 0 Å². The minimum atomic E-state index is -0.295. The van der Waals surface area contributed by atoms with Crippen molar-refractivity contribution in [3.8, 4) is 5.69 Å². The van der Waals surface area contributed by atoms with E-state index in [9.17, 15) is 4.39 Å². The molecule has 10 heteroatoms. The maximum atomic E-state index is 14.6. The van der Waals surface area contributed by atoms with Gasteiger partial charge in [0.15, 0.2) is 0 Å². The van der Waals surface area contributed by atoms with Gasteiger partial charge >= 0.3 is 0 Å². The lowest BCUT2D eigenvalue weighted by Gasteiger charge is -2.30. The van der Waals surface area contributed by atoms with Gasteiger partial charge in [0.25, 0.3) is 0 Å². The Morgan fingerprint density at radius 2 is 1.82 bits per heavy atom. The van der Waals surface area contributed by atoms with Crippen LogP contribution in [0.5, 0.6) is 0 Å². The molecule has 2 aromatic carbocycles. The van der Waals surface area contributed by atoms with Crippen LogP contribution in [0.25, 0.3) is 5.69 Å². The van der Waals surface area contributed by atoms with Crippen molar-refractivity contribution in [3.63, 3.8) is 0 Å². The van der Waals surface area contributed by atoms with Gasteiger partial charge in [0, 0.05) is 30.9 Å². The second kappa shape index (κ2) is 8.30. The Kier molecular flexibility index (Phi) is 5.61. The van der Waals surface area contributed by atoms with Crippen molar-refractivity contribution in [1.82, 2.24) is 20.2 Å². The fraction of sp³-hybridized carbons (Fsp3) is 0.278. The SMILES string of the molecule is Fc1cccc(N2CCOCC2)c1CNc1nnnn1-c1cccc(Cl)c1Cl. The minimum Gasteiger partial charge on any atom is -0.378 e. The lowest BCUT2D eigenvalue weighted by molar-refractivity contribution is 0.122. The first kappa shape index (κ1) is 18.9. The molecule has 0 unspecified atom stereocenters. The van der Waals surface area contributed by atoms with Gasteiger partial charge in [-0.1, -0.05) is 40.4 Å². The largest absolute Gasteiger partial charge is 0.378 e. The molecular formula is C18H17Cl2FN6O. The molecule has 1 aromatic heterocycles. The number of benzene rings is 2. The van der Waals surface area contributed by atoms with Crippen molar-refractivity contribution >= 4 is 34.8 Å².